The number of rotatable bonds is 4. The molecule has 2 rings (SSSR count). The first-order valence-corrected chi connectivity index (χ1v) is 8.56. The molecule has 0 atom stereocenters. The topological polar surface area (TPSA) is 72.2 Å². The minimum absolute atomic E-state index is 0. The highest BCUT2D eigenvalue weighted by molar-refractivity contribution is 9.11. The van der Waals surface area contributed by atoms with Crippen molar-refractivity contribution in [2.24, 2.45) is 5.73 Å². The molecule has 4 nitrogen and oxygen atoms in total. The van der Waals surface area contributed by atoms with Gasteiger partial charge >= 0.3 is 0 Å². The molecule has 0 saturated heterocycles. The Morgan fingerprint density at radius 1 is 1.39 bits per heavy atom. The molecule has 8 heteroatoms. The molecule has 0 aliphatic heterocycles. The van der Waals surface area contributed by atoms with Crippen molar-refractivity contribution >= 4 is 49.7 Å². The van der Waals surface area contributed by atoms with E-state index < -0.39 is 15.6 Å². The summed E-state index contributed by atoms with van der Waals surface area (Å²) in [5.41, 5.74) is 5.29. The van der Waals surface area contributed by atoms with Crippen molar-refractivity contribution < 1.29 is 8.42 Å². The van der Waals surface area contributed by atoms with Crippen molar-refractivity contribution in [3.63, 3.8) is 0 Å². The smallest absolute Gasteiger partial charge is 0.250 e. The third-order valence-corrected chi connectivity index (χ3v) is 6.81. The van der Waals surface area contributed by atoms with Gasteiger partial charge in [0.25, 0.3) is 10.0 Å². The van der Waals surface area contributed by atoms with E-state index in [0.29, 0.717) is 10.8 Å². The number of hydrogen-bond donors (Lipinski definition) is 2. The van der Waals surface area contributed by atoms with Crippen molar-refractivity contribution in [3.8, 4) is 0 Å². The standard InChI is InChI=1S/C10H15BrN2O2S2.ClH/c11-8-3-4-9(16-8)17(14,15)13-10(7-12)5-1-2-6-10;/h3-4,13H,1-2,5-7,12H2;1H. The van der Waals surface area contributed by atoms with Gasteiger partial charge in [0.1, 0.15) is 4.21 Å². The zero-order valence-electron chi connectivity index (χ0n) is 9.69. The maximum atomic E-state index is 12.2. The molecule has 3 N–H and O–H groups in total. The highest BCUT2D eigenvalue weighted by Crippen LogP contribution is 2.32. The van der Waals surface area contributed by atoms with Crippen LogP contribution in [-0.2, 0) is 10.0 Å². The number of hydrogen-bond acceptors (Lipinski definition) is 4. The predicted molar refractivity (Wildman–Crippen MR) is 79.8 cm³/mol. The van der Waals surface area contributed by atoms with Gasteiger partial charge in [0, 0.05) is 12.1 Å². The second-order valence-corrected chi connectivity index (χ2v) is 8.73. The Morgan fingerprint density at radius 3 is 2.44 bits per heavy atom. The Morgan fingerprint density at radius 2 is 2.00 bits per heavy atom. The van der Waals surface area contributed by atoms with E-state index in [1.807, 2.05) is 0 Å². The fraction of sp³-hybridized carbons (Fsp3) is 0.600. The van der Waals surface area contributed by atoms with Gasteiger partial charge in [-0.25, -0.2) is 13.1 Å². The molecule has 0 spiro atoms. The SMILES string of the molecule is Cl.NCC1(NS(=O)(=O)c2ccc(Br)s2)CCCC1. The lowest BCUT2D eigenvalue weighted by Gasteiger charge is -2.27. The van der Waals surface area contributed by atoms with Crippen molar-refractivity contribution in [1.29, 1.82) is 0 Å². The molecule has 0 unspecified atom stereocenters. The summed E-state index contributed by atoms with van der Waals surface area (Å²) in [5, 5.41) is 0. The van der Waals surface area contributed by atoms with Gasteiger partial charge in [0.2, 0.25) is 0 Å². The maximum Gasteiger partial charge on any atom is 0.250 e. The van der Waals surface area contributed by atoms with E-state index in [1.165, 1.54) is 11.3 Å². The highest BCUT2D eigenvalue weighted by Gasteiger charge is 2.37. The molecule has 1 aromatic heterocycles. The first-order valence-electron chi connectivity index (χ1n) is 5.47. The van der Waals surface area contributed by atoms with Gasteiger partial charge in [-0.3, -0.25) is 0 Å². The fourth-order valence-electron chi connectivity index (χ4n) is 2.18. The third kappa shape index (κ3) is 3.46. The lowest BCUT2D eigenvalue weighted by atomic mass is 10.0. The Balaban J connectivity index is 0.00000162. The molecule has 1 fully saturated rings. The summed E-state index contributed by atoms with van der Waals surface area (Å²) < 4.78 is 28.3. The van der Waals surface area contributed by atoms with E-state index in [-0.39, 0.29) is 12.4 Å². The van der Waals surface area contributed by atoms with E-state index in [9.17, 15) is 8.42 Å². The monoisotopic (exact) mass is 374 g/mol. The van der Waals surface area contributed by atoms with Gasteiger partial charge in [0.15, 0.2) is 0 Å². The van der Waals surface area contributed by atoms with E-state index in [4.69, 9.17) is 5.73 Å². The summed E-state index contributed by atoms with van der Waals surface area (Å²) in [4.78, 5) is 0. The van der Waals surface area contributed by atoms with Crippen LogP contribution in [0.4, 0.5) is 0 Å². The molecule has 18 heavy (non-hydrogen) atoms. The molecule has 1 aliphatic rings. The quantitative estimate of drug-likeness (QED) is 0.849. The normalized spacial score (nSPS) is 18.6. The summed E-state index contributed by atoms with van der Waals surface area (Å²) in [6.07, 6.45) is 3.73. The number of nitrogens with two attached hydrogens (primary N) is 1. The Bertz CT molecular complexity index is 498. The Labute approximate surface area is 126 Å². The number of halogens is 2. The van der Waals surface area contributed by atoms with Gasteiger partial charge in [0.05, 0.1) is 3.79 Å². The first kappa shape index (κ1) is 16.4. The summed E-state index contributed by atoms with van der Waals surface area (Å²) >= 11 is 4.48. The second kappa shape index (κ2) is 6.19. The molecule has 1 saturated carbocycles. The van der Waals surface area contributed by atoms with Crippen LogP contribution in [0.25, 0.3) is 0 Å². The predicted octanol–water partition coefficient (Wildman–Crippen LogP) is 2.48. The molecule has 0 radical (unpaired) electrons. The van der Waals surface area contributed by atoms with Crippen LogP contribution in [0.3, 0.4) is 0 Å². The largest absolute Gasteiger partial charge is 0.329 e. The van der Waals surface area contributed by atoms with E-state index in [0.717, 1.165) is 29.5 Å². The fourth-order valence-corrected chi connectivity index (χ4v) is 5.66. The molecule has 104 valence electrons. The van der Waals surface area contributed by atoms with Crippen molar-refractivity contribution in [3.05, 3.63) is 15.9 Å². The molecular weight excluding hydrogens is 360 g/mol. The van der Waals surface area contributed by atoms with Crippen LogP contribution in [0, 0.1) is 0 Å². The molecular formula is C10H16BrClN2O2S2. The minimum atomic E-state index is -3.43. The summed E-state index contributed by atoms with van der Waals surface area (Å²) in [5.74, 6) is 0. The molecule has 0 amide bonds. The number of thiophene rings is 1. The summed E-state index contributed by atoms with van der Waals surface area (Å²) in [7, 11) is -3.43. The summed E-state index contributed by atoms with van der Waals surface area (Å²) in [6.45, 7) is 0.360. The maximum absolute atomic E-state index is 12.2. The van der Waals surface area contributed by atoms with Gasteiger partial charge in [-0.1, -0.05) is 12.8 Å². The molecule has 0 aromatic carbocycles. The third-order valence-electron chi connectivity index (χ3n) is 3.12. The molecule has 1 heterocycles. The minimum Gasteiger partial charge on any atom is -0.329 e. The molecule has 0 bridgehead atoms. The zero-order chi connectivity index (χ0) is 12.5. The van der Waals surface area contributed by atoms with Crippen LogP contribution < -0.4 is 10.5 Å². The number of sulfonamides is 1. The van der Waals surface area contributed by atoms with E-state index in [1.54, 1.807) is 12.1 Å². The van der Waals surface area contributed by atoms with Crippen LogP contribution in [0.2, 0.25) is 0 Å². The van der Waals surface area contributed by atoms with Crippen molar-refractivity contribution in [1.82, 2.24) is 4.72 Å². The lowest BCUT2D eigenvalue weighted by Crippen LogP contribution is -2.51. The van der Waals surface area contributed by atoms with Crippen LogP contribution in [0.5, 0.6) is 0 Å². The van der Waals surface area contributed by atoms with E-state index >= 15 is 0 Å². The summed E-state index contributed by atoms with van der Waals surface area (Å²) in [6, 6.07) is 3.35. The van der Waals surface area contributed by atoms with Gasteiger partial charge in [-0.15, -0.1) is 23.7 Å². The lowest BCUT2D eigenvalue weighted by molar-refractivity contribution is 0.400. The van der Waals surface area contributed by atoms with Gasteiger partial charge in [-0.05, 0) is 40.9 Å². The van der Waals surface area contributed by atoms with Crippen LogP contribution in [0.1, 0.15) is 25.7 Å². The van der Waals surface area contributed by atoms with Crippen molar-refractivity contribution in [2.45, 2.75) is 35.4 Å². The average Bonchev–Trinajstić information content (AvgIpc) is 2.87. The molecule has 1 aromatic rings. The van der Waals surface area contributed by atoms with Crippen LogP contribution >= 0.6 is 39.7 Å². The first-order chi connectivity index (χ1) is 7.97. The second-order valence-electron chi connectivity index (χ2n) is 4.36. The highest BCUT2D eigenvalue weighted by atomic mass is 79.9. The zero-order valence-corrected chi connectivity index (χ0v) is 13.7. The van der Waals surface area contributed by atoms with E-state index in [2.05, 4.69) is 20.7 Å². The van der Waals surface area contributed by atoms with Crippen molar-refractivity contribution in [2.75, 3.05) is 6.54 Å². The van der Waals surface area contributed by atoms with Crippen LogP contribution in [0.15, 0.2) is 20.1 Å². The Hall–Kier alpha value is 0.340. The van der Waals surface area contributed by atoms with Gasteiger partial charge < -0.3 is 5.73 Å². The average molecular weight is 376 g/mol. The Kier molecular flexibility index (Phi) is 5.64. The van der Waals surface area contributed by atoms with Crippen LogP contribution in [-0.4, -0.2) is 20.5 Å². The molecule has 1 aliphatic carbocycles. The number of nitrogens with one attached hydrogen (secondary N) is 1. The van der Waals surface area contributed by atoms with Gasteiger partial charge in [-0.2, -0.15) is 0 Å².